The first-order chi connectivity index (χ1) is 8.72. The molecule has 18 heavy (non-hydrogen) atoms. The number of carbonyl (C=O) groups is 1. The number of halogens is 1. The van der Waals surface area contributed by atoms with Gasteiger partial charge in [-0.25, -0.2) is 4.79 Å². The second-order valence-corrected chi connectivity index (χ2v) is 4.71. The third-order valence-corrected chi connectivity index (χ3v) is 3.35. The van der Waals surface area contributed by atoms with Crippen LogP contribution in [0.4, 0.5) is 10.5 Å². The Balaban J connectivity index is 2.08. The predicted molar refractivity (Wildman–Crippen MR) is 72.4 cm³/mol. The molecule has 1 N–H and O–H groups in total. The van der Waals surface area contributed by atoms with Gasteiger partial charge in [0, 0.05) is 13.1 Å². The number of piperidine rings is 1. The Morgan fingerprint density at radius 1 is 1.33 bits per heavy atom. The summed E-state index contributed by atoms with van der Waals surface area (Å²) in [4.78, 5) is 13.9. The zero-order valence-corrected chi connectivity index (χ0v) is 11.2. The van der Waals surface area contributed by atoms with Gasteiger partial charge in [0.2, 0.25) is 0 Å². The summed E-state index contributed by atoms with van der Waals surface area (Å²) in [6.07, 6.45) is 3.34. The molecule has 0 saturated carbocycles. The van der Waals surface area contributed by atoms with E-state index in [1.165, 1.54) is 13.5 Å². The summed E-state index contributed by atoms with van der Waals surface area (Å²) in [5.74, 6) is 0.504. The average molecular weight is 269 g/mol. The molecule has 1 aromatic carbocycles. The number of amides is 2. The van der Waals surface area contributed by atoms with Gasteiger partial charge in [0.25, 0.3) is 0 Å². The van der Waals surface area contributed by atoms with Crippen LogP contribution in [0.25, 0.3) is 0 Å². The Labute approximate surface area is 112 Å². The fraction of sp³-hybridized carbons (Fsp3) is 0.462. The second-order valence-electron chi connectivity index (χ2n) is 4.30. The van der Waals surface area contributed by atoms with Gasteiger partial charge in [-0.05, 0) is 31.4 Å². The van der Waals surface area contributed by atoms with Crippen LogP contribution in [0.3, 0.4) is 0 Å². The van der Waals surface area contributed by atoms with Crippen LogP contribution in [0.5, 0.6) is 5.75 Å². The predicted octanol–water partition coefficient (Wildman–Crippen LogP) is 3.37. The normalized spacial score (nSPS) is 15.3. The number of para-hydroxylation sites is 1. The number of nitrogens with zero attached hydrogens (tertiary/aromatic N) is 1. The fourth-order valence-electron chi connectivity index (χ4n) is 2.11. The number of methoxy groups -OCH3 is 1. The summed E-state index contributed by atoms with van der Waals surface area (Å²) in [5, 5.41) is 3.34. The van der Waals surface area contributed by atoms with Crippen LogP contribution in [0.15, 0.2) is 18.2 Å². The Morgan fingerprint density at radius 3 is 2.72 bits per heavy atom. The van der Waals surface area contributed by atoms with Crippen molar-refractivity contribution in [2.75, 3.05) is 25.5 Å². The highest BCUT2D eigenvalue weighted by molar-refractivity contribution is 6.32. The van der Waals surface area contributed by atoms with E-state index in [0.717, 1.165) is 25.9 Å². The maximum Gasteiger partial charge on any atom is 0.321 e. The molecule has 0 aromatic heterocycles. The van der Waals surface area contributed by atoms with E-state index in [9.17, 15) is 4.79 Å². The number of ether oxygens (including phenoxy) is 1. The van der Waals surface area contributed by atoms with Gasteiger partial charge < -0.3 is 15.0 Å². The second kappa shape index (κ2) is 5.96. The third-order valence-electron chi connectivity index (χ3n) is 3.06. The third kappa shape index (κ3) is 2.88. The minimum atomic E-state index is -0.0877. The Kier molecular flexibility index (Phi) is 4.31. The van der Waals surface area contributed by atoms with E-state index in [-0.39, 0.29) is 6.03 Å². The summed E-state index contributed by atoms with van der Waals surface area (Å²) in [6, 6.07) is 5.22. The maximum absolute atomic E-state index is 12.1. The van der Waals surface area contributed by atoms with Gasteiger partial charge in [0.05, 0.1) is 17.8 Å². The standard InChI is InChI=1S/C13H17ClN2O2/c1-18-12-10(14)6-5-7-11(12)15-13(17)16-8-3-2-4-9-16/h5-7H,2-4,8-9H2,1H3,(H,15,17). The molecule has 0 aliphatic carbocycles. The van der Waals surface area contributed by atoms with Crippen LogP contribution >= 0.6 is 11.6 Å². The van der Waals surface area contributed by atoms with Gasteiger partial charge in [-0.2, -0.15) is 0 Å². The lowest BCUT2D eigenvalue weighted by Gasteiger charge is -2.27. The van der Waals surface area contributed by atoms with Gasteiger partial charge in [0.15, 0.2) is 5.75 Å². The summed E-state index contributed by atoms with van der Waals surface area (Å²) in [5.41, 5.74) is 0.612. The number of nitrogens with one attached hydrogen (secondary N) is 1. The van der Waals surface area contributed by atoms with Gasteiger partial charge in [-0.15, -0.1) is 0 Å². The van der Waals surface area contributed by atoms with Gasteiger partial charge >= 0.3 is 6.03 Å². The van der Waals surface area contributed by atoms with Crippen molar-refractivity contribution in [3.8, 4) is 5.75 Å². The molecule has 1 aromatic rings. The molecule has 1 aliphatic rings. The number of rotatable bonds is 2. The Hall–Kier alpha value is -1.42. The van der Waals surface area contributed by atoms with Crippen molar-refractivity contribution >= 4 is 23.3 Å². The van der Waals surface area contributed by atoms with Crippen LogP contribution in [-0.2, 0) is 0 Å². The number of benzene rings is 1. The van der Waals surface area contributed by atoms with Crippen LogP contribution in [0.1, 0.15) is 19.3 Å². The monoisotopic (exact) mass is 268 g/mol. The van der Waals surface area contributed by atoms with Crippen LogP contribution in [0, 0.1) is 0 Å². The number of hydrogen-bond acceptors (Lipinski definition) is 2. The lowest BCUT2D eigenvalue weighted by atomic mass is 10.1. The van der Waals surface area contributed by atoms with Crippen LogP contribution in [-0.4, -0.2) is 31.1 Å². The van der Waals surface area contributed by atoms with Gasteiger partial charge in [0.1, 0.15) is 0 Å². The van der Waals surface area contributed by atoms with E-state index in [4.69, 9.17) is 16.3 Å². The number of urea groups is 1. The highest BCUT2D eigenvalue weighted by atomic mass is 35.5. The van der Waals surface area contributed by atoms with Crippen LogP contribution in [0.2, 0.25) is 5.02 Å². The first-order valence-corrected chi connectivity index (χ1v) is 6.48. The molecule has 0 bridgehead atoms. The quantitative estimate of drug-likeness (QED) is 0.894. The lowest BCUT2D eigenvalue weighted by Crippen LogP contribution is -2.38. The Morgan fingerprint density at radius 2 is 2.06 bits per heavy atom. The molecule has 0 radical (unpaired) electrons. The van der Waals surface area contributed by atoms with Gasteiger partial charge in [-0.3, -0.25) is 0 Å². The molecule has 0 unspecified atom stereocenters. The molecular formula is C13H17ClN2O2. The van der Waals surface area contributed by atoms with E-state index in [1.54, 1.807) is 18.2 Å². The zero-order valence-electron chi connectivity index (χ0n) is 10.4. The van der Waals surface area contributed by atoms with Crippen molar-refractivity contribution in [1.82, 2.24) is 4.90 Å². The van der Waals surface area contributed by atoms with Crippen LogP contribution < -0.4 is 10.1 Å². The number of likely N-dealkylation sites (tertiary alicyclic amines) is 1. The molecule has 2 amide bonds. The summed E-state index contributed by atoms with van der Waals surface area (Å²) < 4.78 is 5.20. The molecule has 4 nitrogen and oxygen atoms in total. The van der Waals surface area contributed by atoms with Crippen molar-refractivity contribution < 1.29 is 9.53 Å². The lowest BCUT2D eigenvalue weighted by molar-refractivity contribution is 0.200. The summed E-state index contributed by atoms with van der Waals surface area (Å²) >= 11 is 6.01. The van der Waals surface area contributed by atoms with Crippen molar-refractivity contribution in [3.63, 3.8) is 0 Å². The first-order valence-electron chi connectivity index (χ1n) is 6.11. The number of hydrogen-bond donors (Lipinski definition) is 1. The molecule has 1 heterocycles. The SMILES string of the molecule is COc1c(Cl)cccc1NC(=O)N1CCCCC1. The average Bonchev–Trinajstić information content (AvgIpc) is 2.40. The molecule has 5 heteroatoms. The van der Waals surface area contributed by atoms with E-state index in [1.807, 2.05) is 4.90 Å². The molecule has 0 spiro atoms. The zero-order chi connectivity index (χ0) is 13.0. The minimum Gasteiger partial charge on any atom is -0.493 e. The number of anilines is 1. The number of carbonyl (C=O) groups excluding carboxylic acids is 1. The molecule has 2 rings (SSSR count). The Bertz CT molecular complexity index is 431. The first kappa shape index (κ1) is 13.0. The van der Waals surface area contributed by atoms with Crippen molar-refractivity contribution in [2.45, 2.75) is 19.3 Å². The van der Waals surface area contributed by atoms with Crippen molar-refractivity contribution in [2.24, 2.45) is 0 Å². The van der Waals surface area contributed by atoms with Crippen molar-refractivity contribution in [1.29, 1.82) is 0 Å². The fourth-order valence-corrected chi connectivity index (χ4v) is 2.36. The maximum atomic E-state index is 12.1. The molecule has 1 aliphatic heterocycles. The largest absolute Gasteiger partial charge is 0.493 e. The highest BCUT2D eigenvalue weighted by Gasteiger charge is 2.18. The van der Waals surface area contributed by atoms with E-state index in [2.05, 4.69) is 5.32 Å². The molecule has 0 atom stereocenters. The molecule has 1 fully saturated rings. The van der Waals surface area contributed by atoms with E-state index < -0.39 is 0 Å². The summed E-state index contributed by atoms with van der Waals surface area (Å²) in [7, 11) is 1.54. The highest BCUT2D eigenvalue weighted by Crippen LogP contribution is 2.32. The molecule has 1 saturated heterocycles. The van der Waals surface area contributed by atoms with Crippen molar-refractivity contribution in [3.05, 3.63) is 23.2 Å². The minimum absolute atomic E-state index is 0.0877. The molecule has 98 valence electrons. The topological polar surface area (TPSA) is 41.6 Å². The summed E-state index contributed by atoms with van der Waals surface area (Å²) in [6.45, 7) is 1.63. The smallest absolute Gasteiger partial charge is 0.321 e. The van der Waals surface area contributed by atoms with E-state index in [0.29, 0.717) is 16.5 Å². The van der Waals surface area contributed by atoms with Gasteiger partial charge in [-0.1, -0.05) is 17.7 Å². The van der Waals surface area contributed by atoms with E-state index >= 15 is 0 Å². The molecular weight excluding hydrogens is 252 g/mol.